The van der Waals surface area contributed by atoms with E-state index in [0.29, 0.717) is 13.0 Å². The molecule has 3 aromatic heterocycles. The number of rotatable bonds is 8. The van der Waals surface area contributed by atoms with Gasteiger partial charge in [0.1, 0.15) is 12.6 Å². The Labute approximate surface area is 184 Å². The summed E-state index contributed by atoms with van der Waals surface area (Å²) in [6.45, 7) is 0.460. The Kier molecular flexibility index (Phi) is 6.34. The summed E-state index contributed by atoms with van der Waals surface area (Å²) in [5.41, 5.74) is 1.86. The minimum Gasteiger partial charge on any atom is -0.459 e. The fourth-order valence-electron chi connectivity index (χ4n) is 3.63. The zero-order valence-electron chi connectivity index (χ0n) is 17.4. The number of hydrogen-bond donors (Lipinski definition) is 0. The van der Waals surface area contributed by atoms with Crippen molar-refractivity contribution in [2.75, 3.05) is 26.8 Å². The van der Waals surface area contributed by atoms with E-state index in [1.807, 2.05) is 47.5 Å². The lowest BCUT2D eigenvalue weighted by Crippen LogP contribution is -2.42. The summed E-state index contributed by atoms with van der Waals surface area (Å²) in [7, 11) is 3.51. The Morgan fingerprint density at radius 3 is 2.81 bits per heavy atom. The van der Waals surface area contributed by atoms with E-state index in [4.69, 9.17) is 9.15 Å². The number of furan rings is 1. The van der Waals surface area contributed by atoms with Crippen molar-refractivity contribution in [1.29, 1.82) is 0 Å². The van der Waals surface area contributed by atoms with Crippen molar-refractivity contribution in [3.05, 3.63) is 70.6 Å². The first-order chi connectivity index (χ1) is 15.1. The highest BCUT2D eigenvalue weighted by Gasteiger charge is 2.36. The predicted octanol–water partition coefficient (Wildman–Crippen LogP) is 3.15. The first-order valence-corrected chi connectivity index (χ1v) is 10.8. The van der Waals surface area contributed by atoms with Gasteiger partial charge in [-0.3, -0.25) is 9.59 Å². The van der Waals surface area contributed by atoms with E-state index in [-0.39, 0.29) is 36.7 Å². The van der Waals surface area contributed by atoms with Gasteiger partial charge in [-0.1, -0.05) is 6.07 Å². The zero-order chi connectivity index (χ0) is 21.8. The van der Waals surface area contributed by atoms with Gasteiger partial charge in [0, 0.05) is 39.0 Å². The standard InChI is InChI=1S/C22H24N4O4S/c1-24-9-3-6-17(24)18-14-16(20-8-5-13-31-20)23-26(18)21(27)15-25(10-12-29-2)22(28)19-7-4-11-30-19/h3-9,11,13,18H,10,12,14-15H2,1-2H3. The van der Waals surface area contributed by atoms with Crippen LogP contribution >= 0.6 is 11.3 Å². The summed E-state index contributed by atoms with van der Waals surface area (Å²) in [6, 6.07) is 10.9. The van der Waals surface area contributed by atoms with Crippen molar-refractivity contribution in [2.24, 2.45) is 12.1 Å². The SMILES string of the molecule is COCCN(CC(=O)N1N=C(c2cccs2)CC1c1cccn1C)C(=O)c1ccco1. The molecule has 0 bridgehead atoms. The lowest BCUT2D eigenvalue weighted by molar-refractivity contribution is -0.134. The number of methoxy groups -OCH3 is 1. The van der Waals surface area contributed by atoms with E-state index in [0.717, 1.165) is 16.3 Å². The number of hydrazone groups is 1. The van der Waals surface area contributed by atoms with Crippen molar-refractivity contribution in [1.82, 2.24) is 14.5 Å². The van der Waals surface area contributed by atoms with Gasteiger partial charge < -0.3 is 18.6 Å². The first-order valence-electron chi connectivity index (χ1n) is 9.95. The summed E-state index contributed by atoms with van der Waals surface area (Å²) in [5, 5.41) is 8.18. The lowest BCUT2D eigenvalue weighted by atomic mass is 10.1. The Hall–Kier alpha value is -3.17. The Morgan fingerprint density at radius 2 is 2.16 bits per heavy atom. The van der Waals surface area contributed by atoms with Crippen molar-refractivity contribution < 1.29 is 18.7 Å². The van der Waals surface area contributed by atoms with Crippen LogP contribution in [0, 0.1) is 0 Å². The second-order valence-corrected chi connectivity index (χ2v) is 8.17. The molecule has 1 unspecified atom stereocenters. The largest absolute Gasteiger partial charge is 0.459 e. The fraction of sp³-hybridized carbons (Fsp3) is 0.318. The Bertz CT molecular complexity index is 1060. The molecule has 4 heterocycles. The number of aryl methyl sites for hydroxylation is 1. The van der Waals surface area contributed by atoms with Gasteiger partial charge in [-0.15, -0.1) is 11.3 Å². The molecule has 2 amide bonds. The molecule has 0 saturated carbocycles. The third-order valence-electron chi connectivity index (χ3n) is 5.21. The molecule has 9 heteroatoms. The van der Waals surface area contributed by atoms with Crippen LogP contribution in [0.25, 0.3) is 0 Å². The third kappa shape index (κ3) is 4.47. The number of nitrogens with zero attached hydrogens (tertiary/aromatic N) is 4. The minimum atomic E-state index is -0.354. The number of hydrogen-bond acceptors (Lipinski definition) is 6. The van der Waals surface area contributed by atoms with Gasteiger partial charge in [0.2, 0.25) is 0 Å². The van der Waals surface area contributed by atoms with Crippen LogP contribution in [0.1, 0.15) is 33.6 Å². The second kappa shape index (κ2) is 9.32. The lowest BCUT2D eigenvalue weighted by Gasteiger charge is -2.26. The third-order valence-corrected chi connectivity index (χ3v) is 6.13. The van der Waals surface area contributed by atoms with Crippen LogP contribution in [0.4, 0.5) is 0 Å². The van der Waals surface area contributed by atoms with Crippen molar-refractivity contribution in [3.63, 3.8) is 0 Å². The van der Waals surface area contributed by atoms with E-state index >= 15 is 0 Å². The molecule has 1 aliphatic heterocycles. The summed E-state index contributed by atoms with van der Waals surface area (Å²) in [6.07, 6.45) is 4.01. The molecule has 1 aliphatic rings. The van der Waals surface area contributed by atoms with E-state index in [9.17, 15) is 9.59 Å². The van der Waals surface area contributed by atoms with Crippen molar-refractivity contribution in [3.8, 4) is 0 Å². The molecule has 0 radical (unpaired) electrons. The Balaban J connectivity index is 1.59. The molecule has 0 spiro atoms. The maximum atomic E-state index is 13.4. The van der Waals surface area contributed by atoms with E-state index in [1.165, 1.54) is 16.2 Å². The number of carbonyl (C=O) groups is 2. The monoisotopic (exact) mass is 440 g/mol. The van der Waals surface area contributed by atoms with Crippen molar-refractivity contribution >= 4 is 28.9 Å². The molecular weight excluding hydrogens is 416 g/mol. The van der Waals surface area contributed by atoms with Crippen LogP contribution in [0.3, 0.4) is 0 Å². The summed E-state index contributed by atoms with van der Waals surface area (Å²) in [5.74, 6) is -0.423. The summed E-state index contributed by atoms with van der Waals surface area (Å²) >= 11 is 1.60. The van der Waals surface area contributed by atoms with Crippen LogP contribution in [-0.2, 0) is 16.6 Å². The smallest absolute Gasteiger partial charge is 0.290 e. The maximum absolute atomic E-state index is 13.4. The molecule has 0 saturated heterocycles. The number of thiophene rings is 1. The van der Waals surface area contributed by atoms with Crippen LogP contribution in [-0.4, -0.2) is 58.8 Å². The van der Waals surface area contributed by atoms with Gasteiger partial charge in [-0.25, -0.2) is 5.01 Å². The van der Waals surface area contributed by atoms with Crippen molar-refractivity contribution in [2.45, 2.75) is 12.5 Å². The van der Waals surface area contributed by atoms with Gasteiger partial charge in [-0.05, 0) is 35.7 Å². The molecule has 4 rings (SSSR count). The molecule has 31 heavy (non-hydrogen) atoms. The molecule has 0 aliphatic carbocycles. The topological polar surface area (TPSA) is 80.3 Å². The fourth-order valence-corrected chi connectivity index (χ4v) is 4.35. The normalized spacial score (nSPS) is 15.9. The quantitative estimate of drug-likeness (QED) is 0.539. The second-order valence-electron chi connectivity index (χ2n) is 7.22. The molecule has 0 fully saturated rings. The van der Waals surface area contributed by atoms with E-state index < -0.39 is 0 Å². The van der Waals surface area contributed by atoms with Crippen LogP contribution in [0.2, 0.25) is 0 Å². The molecule has 162 valence electrons. The molecule has 1 atom stereocenters. The molecule has 3 aromatic rings. The highest BCUT2D eigenvalue weighted by molar-refractivity contribution is 7.12. The zero-order valence-corrected chi connectivity index (χ0v) is 18.2. The maximum Gasteiger partial charge on any atom is 0.290 e. The van der Waals surface area contributed by atoms with Crippen LogP contribution < -0.4 is 0 Å². The number of carbonyl (C=O) groups excluding carboxylic acids is 2. The number of aromatic nitrogens is 1. The highest BCUT2D eigenvalue weighted by atomic mass is 32.1. The predicted molar refractivity (Wildman–Crippen MR) is 117 cm³/mol. The number of amides is 2. The average Bonchev–Trinajstić information content (AvgIpc) is 3.55. The van der Waals surface area contributed by atoms with Gasteiger partial charge in [-0.2, -0.15) is 5.10 Å². The molecule has 0 aromatic carbocycles. The van der Waals surface area contributed by atoms with E-state index in [2.05, 4.69) is 5.10 Å². The molecule has 0 N–H and O–H groups in total. The van der Waals surface area contributed by atoms with Gasteiger partial charge >= 0.3 is 0 Å². The van der Waals surface area contributed by atoms with Gasteiger partial charge in [0.15, 0.2) is 5.76 Å². The summed E-state index contributed by atoms with van der Waals surface area (Å²) in [4.78, 5) is 28.7. The van der Waals surface area contributed by atoms with Gasteiger partial charge in [0.25, 0.3) is 11.8 Å². The average molecular weight is 441 g/mol. The minimum absolute atomic E-state index is 0.120. The number of ether oxygens (including phenoxy) is 1. The summed E-state index contributed by atoms with van der Waals surface area (Å²) < 4.78 is 12.4. The highest BCUT2D eigenvalue weighted by Crippen LogP contribution is 2.34. The Morgan fingerprint density at radius 1 is 1.29 bits per heavy atom. The van der Waals surface area contributed by atoms with E-state index in [1.54, 1.807) is 30.6 Å². The molecular formula is C22H24N4O4S. The van der Waals surface area contributed by atoms with Gasteiger partial charge in [0.05, 0.1) is 23.5 Å². The van der Waals surface area contributed by atoms with Crippen LogP contribution in [0.15, 0.2) is 63.8 Å². The van der Waals surface area contributed by atoms with Crippen LogP contribution in [0.5, 0.6) is 0 Å². The first kappa shape index (κ1) is 21.1. The molecule has 8 nitrogen and oxygen atoms in total.